The van der Waals surface area contributed by atoms with Gasteiger partial charge in [0.15, 0.2) is 5.82 Å². The number of hydrogen-bond donors (Lipinski definition) is 1. The topological polar surface area (TPSA) is 115 Å². The highest BCUT2D eigenvalue weighted by Gasteiger charge is 2.39. The van der Waals surface area contributed by atoms with Crippen molar-refractivity contribution in [2.45, 2.75) is 25.5 Å². The standard InChI is InChI=1S/C22H22F2N8O2/c1-12-19(30(2)29-20(12)25)17-4-3-16(24)21(28-17)34-15-10-31(11-15)22(33)32-18(5-6-27-32)13-7-14(23)9-26-8-13/h3-4,6-9,15,18H,5,10-11H2,1-2H3,(H2,25,29)/t18-/m0/s1. The molecule has 3 aromatic rings. The quantitative estimate of drug-likeness (QED) is 0.630. The van der Waals surface area contributed by atoms with Gasteiger partial charge in [-0.2, -0.15) is 10.2 Å². The van der Waals surface area contributed by atoms with Gasteiger partial charge < -0.3 is 15.4 Å². The third kappa shape index (κ3) is 3.80. The number of hydrogen-bond acceptors (Lipinski definition) is 7. The molecule has 12 heteroatoms. The van der Waals surface area contributed by atoms with Gasteiger partial charge in [0.1, 0.15) is 17.7 Å². The minimum Gasteiger partial charge on any atom is -0.468 e. The number of nitrogens with two attached hydrogens (primary N) is 1. The summed E-state index contributed by atoms with van der Waals surface area (Å²) >= 11 is 0. The van der Waals surface area contributed by atoms with Crippen molar-refractivity contribution in [1.29, 1.82) is 0 Å². The molecule has 0 bridgehead atoms. The van der Waals surface area contributed by atoms with Gasteiger partial charge in [0.05, 0.1) is 36.7 Å². The number of aryl methyl sites for hydroxylation is 1. The minimum atomic E-state index is -0.607. The maximum Gasteiger partial charge on any atom is 0.341 e. The van der Waals surface area contributed by atoms with Crippen molar-refractivity contribution in [2.24, 2.45) is 12.1 Å². The molecule has 5 heterocycles. The fraction of sp³-hybridized carbons (Fsp3) is 0.318. The molecule has 0 aromatic carbocycles. The number of aromatic nitrogens is 4. The molecule has 0 spiro atoms. The number of urea groups is 1. The van der Waals surface area contributed by atoms with Crippen molar-refractivity contribution in [1.82, 2.24) is 29.7 Å². The maximum absolute atomic E-state index is 14.4. The van der Waals surface area contributed by atoms with Crippen LogP contribution in [0.2, 0.25) is 0 Å². The molecule has 2 amide bonds. The van der Waals surface area contributed by atoms with Crippen molar-refractivity contribution >= 4 is 18.1 Å². The molecule has 0 saturated carbocycles. The van der Waals surface area contributed by atoms with Crippen LogP contribution in [0, 0.1) is 18.6 Å². The van der Waals surface area contributed by atoms with Crippen LogP contribution in [0.25, 0.3) is 11.4 Å². The molecule has 176 valence electrons. The number of nitrogens with zero attached hydrogens (tertiary/aromatic N) is 7. The van der Waals surface area contributed by atoms with Crippen LogP contribution in [0.15, 0.2) is 35.7 Å². The first-order valence-electron chi connectivity index (χ1n) is 10.7. The summed E-state index contributed by atoms with van der Waals surface area (Å²) in [6.45, 7) is 2.29. The molecular weight excluding hydrogens is 446 g/mol. The second kappa shape index (κ2) is 8.36. The highest BCUT2D eigenvalue weighted by molar-refractivity contribution is 5.79. The lowest BCUT2D eigenvalue weighted by atomic mass is 10.1. The first kappa shape index (κ1) is 21.7. The van der Waals surface area contributed by atoms with E-state index >= 15 is 0 Å². The molecule has 0 radical (unpaired) electrons. The van der Waals surface area contributed by atoms with Crippen LogP contribution in [-0.2, 0) is 7.05 Å². The van der Waals surface area contributed by atoms with Gasteiger partial charge in [0, 0.05) is 31.4 Å². The predicted octanol–water partition coefficient (Wildman–Crippen LogP) is 2.66. The summed E-state index contributed by atoms with van der Waals surface area (Å²) in [7, 11) is 1.73. The van der Waals surface area contributed by atoms with Gasteiger partial charge in [-0.05, 0) is 30.7 Å². The van der Waals surface area contributed by atoms with Crippen LogP contribution in [-0.4, -0.2) is 61.1 Å². The monoisotopic (exact) mass is 468 g/mol. The summed E-state index contributed by atoms with van der Waals surface area (Å²) in [4.78, 5) is 22.6. The molecule has 1 fully saturated rings. The highest BCUT2D eigenvalue weighted by Crippen LogP contribution is 2.32. The summed E-state index contributed by atoms with van der Waals surface area (Å²) in [6.07, 6.45) is 4.27. The van der Waals surface area contributed by atoms with Crippen molar-refractivity contribution < 1.29 is 18.3 Å². The van der Waals surface area contributed by atoms with Crippen molar-refractivity contribution in [3.63, 3.8) is 0 Å². The van der Waals surface area contributed by atoms with Gasteiger partial charge in [-0.15, -0.1) is 0 Å². The number of rotatable bonds is 4. The number of pyridine rings is 2. The highest BCUT2D eigenvalue weighted by atomic mass is 19.1. The van der Waals surface area contributed by atoms with E-state index in [1.165, 1.54) is 34.3 Å². The molecule has 2 N–H and O–H groups in total. The number of carbonyl (C=O) groups excluding carboxylic acids is 1. The summed E-state index contributed by atoms with van der Waals surface area (Å²) < 4.78 is 35.3. The maximum atomic E-state index is 14.4. The Balaban J connectivity index is 1.25. The van der Waals surface area contributed by atoms with Crippen molar-refractivity contribution in [3.8, 4) is 17.3 Å². The zero-order valence-corrected chi connectivity index (χ0v) is 18.5. The Bertz CT molecular complexity index is 1290. The molecule has 3 aromatic heterocycles. The number of nitrogen functional groups attached to an aromatic ring is 1. The summed E-state index contributed by atoms with van der Waals surface area (Å²) in [5, 5.41) is 9.62. The van der Waals surface area contributed by atoms with E-state index < -0.39 is 23.8 Å². The largest absolute Gasteiger partial charge is 0.468 e. The fourth-order valence-corrected chi connectivity index (χ4v) is 4.10. The Kier molecular flexibility index (Phi) is 5.34. The Morgan fingerprint density at radius 3 is 2.74 bits per heavy atom. The van der Waals surface area contributed by atoms with Crippen molar-refractivity contribution in [2.75, 3.05) is 18.8 Å². The number of ether oxygens (including phenoxy) is 1. The zero-order chi connectivity index (χ0) is 24.0. The smallest absolute Gasteiger partial charge is 0.341 e. The lowest BCUT2D eigenvalue weighted by Crippen LogP contribution is -2.59. The minimum absolute atomic E-state index is 0.156. The number of hydrazone groups is 1. The van der Waals surface area contributed by atoms with E-state index in [-0.39, 0.29) is 25.0 Å². The Labute approximate surface area is 193 Å². The molecule has 0 aliphatic carbocycles. The molecule has 10 nitrogen and oxygen atoms in total. The lowest BCUT2D eigenvalue weighted by molar-refractivity contribution is 0.0231. The number of halogens is 2. The van der Waals surface area contributed by atoms with Gasteiger partial charge in [0.2, 0.25) is 0 Å². The number of carbonyl (C=O) groups is 1. The number of anilines is 1. The molecule has 2 aliphatic rings. The van der Waals surface area contributed by atoms with Gasteiger partial charge in [-0.1, -0.05) is 0 Å². The molecule has 1 saturated heterocycles. The number of amides is 2. The van der Waals surface area contributed by atoms with E-state index in [2.05, 4.69) is 20.2 Å². The Morgan fingerprint density at radius 2 is 2.03 bits per heavy atom. The molecule has 0 unspecified atom stereocenters. The van der Waals surface area contributed by atoms with Gasteiger partial charge in [-0.3, -0.25) is 9.67 Å². The van der Waals surface area contributed by atoms with Crippen LogP contribution < -0.4 is 10.5 Å². The van der Waals surface area contributed by atoms with E-state index in [9.17, 15) is 13.6 Å². The van der Waals surface area contributed by atoms with Crippen LogP contribution in [0.5, 0.6) is 5.88 Å². The van der Waals surface area contributed by atoms with E-state index in [4.69, 9.17) is 10.5 Å². The van der Waals surface area contributed by atoms with Crippen LogP contribution in [0.3, 0.4) is 0 Å². The summed E-state index contributed by atoms with van der Waals surface area (Å²) in [5.74, 6) is -0.869. The molecule has 34 heavy (non-hydrogen) atoms. The number of likely N-dealkylation sites (tertiary alicyclic amines) is 1. The van der Waals surface area contributed by atoms with Gasteiger partial charge in [-0.25, -0.2) is 23.6 Å². The first-order valence-corrected chi connectivity index (χ1v) is 10.7. The first-order chi connectivity index (χ1) is 16.3. The predicted molar refractivity (Wildman–Crippen MR) is 119 cm³/mol. The van der Waals surface area contributed by atoms with E-state index in [1.54, 1.807) is 17.9 Å². The molecular formula is C22H22F2N8O2. The van der Waals surface area contributed by atoms with Crippen LogP contribution >= 0.6 is 0 Å². The van der Waals surface area contributed by atoms with Crippen LogP contribution in [0.4, 0.5) is 19.4 Å². The second-order valence-electron chi connectivity index (χ2n) is 8.22. The third-order valence-corrected chi connectivity index (χ3v) is 5.91. The second-order valence-corrected chi connectivity index (χ2v) is 8.22. The molecule has 2 aliphatic heterocycles. The zero-order valence-electron chi connectivity index (χ0n) is 18.5. The Morgan fingerprint density at radius 1 is 1.24 bits per heavy atom. The Hall–Kier alpha value is -4.09. The lowest BCUT2D eigenvalue weighted by Gasteiger charge is -2.40. The van der Waals surface area contributed by atoms with Crippen molar-refractivity contribution in [3.05, 3.63) is 53.4 Å². The van der Waals surface area contributed by atoms with E-state index in [0.717, 1.165) is 11.8 Å². The normalized spacial score (nSPS) is 17.8. The third-order valence-electron chi connectivity index (χ3n) is 5.91. The van der Waals surface area contributed by atoms with Gasteiger partial charge >= 0.3 is 6.03 Å². The van der Waals surface area contributed by atoms with E-state index in [1.807, 2.05) is 6.92 Å². The average molecular weight is 468 g/mol. The summed E-state index contributed by atoms with van der Waals surface area (Å²) in [6, 6.07) is 3.38. The fourth-order valence-electron chi connectivity index (χ4n) is 4.10. The SMILES string of the molecule is Cc1c(N)nn(C)c1-c1ccc(F)c(OC2CN(C(=O)N3N=CC[C@H]3c3cncc(F)c3)C2)n1. The average Bonchev–Trinajstić information content (AvgIpc) is 3.36. The molecule has 5 rings (SSSR count). The van der Waals surface area contributed by atoms with Crippen LogP contribution in [0.1, 0.15) is 23.6 Å². The van der Waals surface area contributed by atoms with Gasteiger partial charge in [0.25, 0.3) is 5.88 Å². The summed E-state index contributed by atoms with van der Waals surface area (Å²) in [5.41, 5.74) is 8.31. The van der Waals surface area contributed by atoms with E-state index in [0.29, 0.717) is 29.2 Å². The molecule has 1 atom stereocenters.